The lowest BCUT2D eigenvalue weighted by molar-refractivity contribution is -0.110. The quantitative estimate of drug-likeness (QED) is 0.147. The van der Waals surface area contributed by atoms with Crippen LogP contribution >= 0.6 is 0 Å². The largest absolute Gasteiger partial charge is 0.458 e. The van der Waals surface area contributed by atoms with Gasteiger partial charge in [0.05, 0.1) is 0 Å². The van der Waals surface area contributed by atoms with Crippen molar-refractivity contribution in [2.45, 2.75) is 118 Å². The Labute approximate surface area is 246 Å². The number of benzene rings is 1. The van der Waals surface area contributed by atoms with Crippen LogP contribution in [0.1, 0.15) is 122 Å². The van der Waals surface area contributed by atoms with E-state index in [0.717, 1.165) is 48.8 Å². The number of fused-ring (bicyclic) bond motifs is 6. The molecule has 0 amide bonds. The number of para-hydroxylation sites is 1. The standard InChI is InChI=1S/C37H50O4/c1-24(2)10-6-8-12-26-14-15-31-35(26,3)21-18-32-36(4)20-17-28(23-27(36)16-19-37(31,32)5)40-33(38)29-22-25-11-7-9-13-30(25)41-34(29)39/h7,9,11,13,16,22,24,26,28,31-32H,6,8,10,12,14-15,17-21,23H2,1-5H3. The molecule has 0 radical (unpaired) electrons. The Morgan fingerprint density at radius 1 is 1.00 bits per heavy atom. The van der Waals surface area contributed by atoms with Crippen molar-refractivity contribution < 1.29 is 13.9 Å². The molecule has 222 valence electrons. The molecule has 4 nitrogen and oxygen atoms in total. The SMILES string of the molecule is CC(C)CCCCC1CCC2C1(C)CCC1C3(C)CCC(OC(=O)c4cc5ccccc5oc4=O)CC3=CCC12C. The highest BCUT2D eigenvalue weighted by molar-refractivity contribution is 5.92. The predicted octanol–water partition coefficient (Wildman–Crippen LogP) is 9.50. The number of carbonyl (C=O) groups excluding carboxylic acids is 1. The van der Waals surface area contributed by atoms with E-state index >= 15 is 0 Å². The Kier molecular flexibility index (Phi) is 7.52. The second kappa shape index (κ2) is 10.7. The van der Waals surface area contributed by atoms with Crippen molar-refractivity contribution in [3.05, 3.63) is 58.0 Å². The summed E-state index contributed by atoms with van der Waals surface area (Å²) < 4.78 is 11.4. The van der Waals surface area contributed by atoms with Crippen molar-refractivity contribution in [3.8, 4) is 0 Å². The van der Waals surface area contributed by atoms with Gasteiger partial charge in [0.1, 0.15) is 17.3 Å². The van der Waals surface area contributed by atoms with E-state index in [-0.39, 0.29) is 17.1 Å². The molecule has 7 atom stereocenters. The molecule has 3 fully saturated rings. The molecular weight excluding hydrogens is 508 g/mol. The summed E-state index contributed by atoms with van der Waals surface area (Å²) in [6.07, 6.45) is 17.3. The van der Waals surface area contributed by atoms with Crippen LogP contribution in [0.3, 0.4) is 0 Å². The average molecular weight is 559 g/mol. The highest BCUT2D eigenvalue weighted by atomic mass is 16.5. The molecule has 0 saturated heterocycles. The monoisotopic (exact) mass is 558 g/mol. The topological polar surface area (TPSA) is 56.5 Å². The third-order valence-corrected chi connectivity index (χ3v) is 12.5. The molecule has 0 spiro atoms. The zero-order valence-electron chi connectivity index (χ0n) is 26.0. The number of carbonyl (C=O) groups is 1. The normalized spacial score (nSPS) is 36.4. The van der Waals surface area contributed by atoms with Gasteiger partial charge in [0.2, 0.25) is 0 Å². The second-order valence-electron chi connectivity index (χ2n) is 15.2. The summed E-state index contributed by atoms with van der Waals surface area (Å²) in [5.74, 6) is 2.65. The minimum Gasteiger partial charge on any atom is -0.458 e. The van der Waals surface area contributed by atoms with Crippen LogP contribution in [0.25, 0.3) is 11.0 Å². The van der Waals surface area contributed by atoms with Crippen LogP contribution in [-0.4, -0.2) is 12.1 Å². The van der Waals surface area contributed by atoms with E-state index in [1.807, 2.05) is 18.2 Å². The summed E-state index contributed by atoms with van der Waals surface area (Å²) in [7, 11) is 0. The third kappa shape index (κ3) is 4.91. The zero-order chi connectivity index (χ0) is 29.0. The highest BCUT2D eigenvalue weighted by Gasteiger charge is 2.63. The first-order valence-corrected chi connectivity index (χ1v) is 16.5. The molecule has 41 heavy (non-hydrogen) atoms. The summed E-state index contributed by atoms with van der Waals surface area (Å²) >= 11 is 0. The molecule has 1 heterocycles. The lowest BCUT2D eigenvalue weighted by Gasteiger charge is -2.63. The van der Waals surface area contributed by atoms with Crippen molar-refractivity contribution >= 4 is 16.9 Å². The first-order chi connectivity index (χ1) is 19.5. The van der Waals surface area contributed by atoms with E-state index < -0.39 is 11.6 Å². The van der Waals surface area contributed by atoms with E-state index in [2.05, 4.69) is 40.7 Å². The van der Waals surface area contributed by atoms with Crippen LogP contribution in [0.4, 0.5) is 0 Å². The Balaban J connectivity index is 1.15. The van der Waals surface area contributed by atoms with Gasteiger partial charge in [-0.05, 0) is 103 Å². The fraction of sp³-hybridized carbons (Fsp3) is 0.676. The van der Waals surface area contributed by atoms with E-state index in [1.54, 1.807) is 12.1 Å². The van der Waals surface area contributed by atoms with Gasteiger partial charge in [-0.25, -0.2) is 9.59 Å². The number of ether oxygens (including phenoxy) is 1. The van der Waals surface area contributed by atoms with Crippen molar-refractivity contribution in [2.24, 2.45) is 39.9 Å². The van der Waals surface area contributed by atoms with E-state index in [4.69, 9.17) is 9.15 Å². The zero-order valence-corrected chi connectivity index (χ0v) is 26.0. The molecule has 7 unspecified atom stereocenters. The van der Waals surface area contributed by atoms with Gasteiger partial charge in [0.15, 0.2) is 0 Å². The van der Waals surface area contributed by atoms with E-state index in [0.29, 0.717) is 22.3 Å². The van der Waals surface area contributed by atoms with Gasteiger partial charge in [-0.2, -0.15) is 0 Å². The number of allylic oxidation sites excluding steroid dienone is 1. The Hall–Kier alpha value is -2.36. The maximum atomic E-state index is 13.1. The molecule has 4 heteroatoms. The summed E-state index contributed by atoms with van der Waals surface area (Å²) in [4.78, 5) is 25.7. The molecular formula is C37H50O4. The first-order valence-electron chi connectivity index (χ1n) is 16.5. The van der Waals surface area contributed by atoms with E-state index in [9.17, 15) is 9.59 Å². The summed E-state index contributed by atoms with van der Waals surface area (Å²) in [6.45, 7) is 12.5. The van der Waals surface area contributed by atoms with Gasteiger partial charge < -0.3 is 9.15 Å². The Morgan fingerprint density at radius 2 is 1.80 bits per heavy atom. The fourth-order valence-corrected chi connectivity index (χ4v) is 10.3. The number of esters is 1. The van der Waals surface area contributed by atoms with Crippen LogP contribution < -0.4 is 5.63 Å². The molecule has 2 aromatic rings. The lowest BCUT2D eigenvalue weighted by Crippen LogP contribution is -2.56. The van der Waals surface area contributed by atoms with Crippen molar-refractivity contribution in [3.63, 3.8) is 0 Å². The Morgan fingerprint density at radius 3 is 2.61 bits per heavy atom. The number of hydrogen-bond donors (Lipinski definition) is 0. The van der Waals surface area contributed by atoms with Crippen LogP contribution in [0.2, 0.25) is 0 Å². The average Bonchev–Trinajstić information content (AvgIpc) is 3.28. The molecule has 0 aliphatic heterocycles. The Bertz CT molecular complexity index is 1380. The second-order valence-corrected chi connectivity index (χ2v) is 15.2. The van der Waals surface area contributed by atoms with Crippen molar-refractivity contribution in [1.82, 2.24) is 0 Å². The third-order valence-electron chi connectivity index (χ3n) is 12.5. The minimum atomic E-state index is -0.623. The summed E-state index contributed by atoms with van der Waals surface area (Å²) in [6, 6.07) is 8.89. The van der Waals surface area contributed by atoms with Crippen LogP contribution in [0, 0.1) is 39.9 Å². The predicted molar refractivity (Wildman–Crippen MR) is 165 cm³/mol. The number of rotatable bonds is 7. The molecule has 3 saturated carbocycles. The maximum absolute atomic E-state index is 13.1. The highest BCUT2D eigenvalue weighted by Crippen LogP contribution is 2.71. The van der Waals surface area contributed by atoms with Crippen LogP contribution in [-0.2, 0) is 4.74 Å². The minimum absolute atomic E-state index is 0.00575. The van der Waals surface area contributed by atoms with Gasteiger partial charge in [-0.15, -0.1) is 0 Å². The maximum Gasteiger partial charge on any atom is 0.351 e. The lowest BCUT2D eigenvalue weighted by atomic mass is 9.41. The van der Waals surface area contributed by atoms with E-state index in [1.165, 1.54) is 56.9 Å². The molecule has 6 rings (SSSR count). The fourth-order valence-electron chi connectivity index (χ4n) is 10.3. The number of unbranched alkanes of at least 4 members (excludes halogenated alkanes) is 1. The van der Waals surface area contributed by atoms with Gasteiger partial charge >= 0.3 is 11.6 Å². The summed E-state index contributed by atoms with van der Waals surface area (Å²) in [5.41, 5.74) is 2.36. The van der Waals surface area contributed by atoms with Gasteiger partial charge in [0.25, 0.3) is 0 Å². The summed E-state index contributed by atoms with van der Waals surface area (Å²) in [5, 5.41) is 0.735. The molecule has 1 aromatic heterocycles. The number of hydrogen-bond acceptors (Lipinski definition) is 4. The molecule has 1 aromatic carbocycles. The van der Waals surface area contributed by atoms with Crippen LogP contribution in [0.5, 0.6) is 0 Å². The smallest absolute Gasteiger partial charge is 0.351 e. The molecule has 0 bridgehead atoms. The molecule has 4 aliphatic rings. The van der Waals surface area contributed by atoms with Gasteiger partial charge in [-0.1, -0.05) is 83.7 Å². The van der Waals surface area contributed by atoms with Crippen molar-refractivity contribution in [1.29, 1.82) is 0 Å². The molecule has 4 aliphatic carbocycles. The first kappa shape index (κ1) is 28.7. The van der Waals surface area contributed by atoms with Gasteiger partial charge in [-0.3, -0.25) is 0 Å². The molecule has 0 N–H and O–H groups in total. The van der Waals surface area contributed by atoms with Gasteiger partial charge in [0, 0.05) is 11.8 Å². The van der Waals surface area contributed by atoms with Crippen LogP contribution in [0.15, 0.2) is 51.2 Å². The van der Waals surface area contributed by atoms with Crippen molar-refractivity contribution in [2.75, 3.05) is 0 Å².